The van der Waals surface area contributed by atoms with Gasteiger partial charge in [-0.1, -0.05) is 0 Å². The quantitative estimate of drug-likeness (QED) is 0.633. The highest BCUT2D eigenvalue weighted by Gasteiger charge is 2.37. The first-order chi connectivity index (χ1) is 9.08. The van der Waals surface area contributed by atoms with E-state index in [1.54, 1.807) is 6.07 Å². The van der Waals surface area contributed by atoms with Crippen molar-refractivity contribution >= 4 is 5.69 Å². The molecule has 6 heteroatoms. The lowest BCUT2D eigenvalue weighted by atomic mass is 9.98. The summed E-state index contributed by atoms with van der Waals surface area (Å²) < 4.78 is 19.5. The molecule has 0 amide bonds. The van der Waals surface area contributed by atoms with Crippen LogP contribution < -0.4 is 15.0 Å². The van der Waals surface area contributed by atoms with Crippen LogP contribution in [0, 0.1) is 5.82 Å². The van der Waals surface area contributed by atoms with Crippen molar-refractivity contribution in [1.29, 1.82) is 0 Å². The van der Waals surface area contributed by atoms with Gasteiger partial charge in [-0.25, -0.2) is 4.39 Å². The molecule has 1 fully saturated rings. The van der Waals surface area contributed by atoms with E-state index in [1.165, 1.54) is 6.07 Å². The van der Waals surface area contributed by atoms with Crippen LogP contribution >= 0.6 is 0 Å². The average molecular weight is 268 g/mol. The molecule has 0 unspecified atom stereocenters. The number of benzene rings is 1. The third kappa shape index (κ3) is 2.27. The zero-order valence-corrected chi connectivity index (χ0v) is 10.5. The summed E-state index contributed by atoms with van der Waals surface area (Å²) in [5, 5.41) is 22.9. The molecule has 0 radical (unpaired) electrons. The number of anilines is 1. The lowest BCUT2D eigenvalue weighted by molar-refractivity contribution is -0.189. The lowest BCUT2D eigenvalue weighted by Gasteiger charge is -2.33. The largest absolute Gasteiger partial charge is 0.493 e. The Hall–Kier alpha value is -1.37. The summed E-state index contributed by atoms with van der Waals surface area (Å²) in [5.74, 6) is -2.54. The summed E-state index contributed by atoms with van der Waals surface area (Å²) in [6.45, 7) is 3.46. The molecule has 2 heterocycles. The molecule has 1 aromatic rings. The van der Waals surface area contributed by atoms with E-state index >= 15 is 0 Å². The Morgan fingerprint density at radius 3 is 2.74 bits per heavy atom. The molecule has 0 atom stereocenters. The van der Waals surface area contributed by atoms with Crippen molar-refractivity contribution in [3.05, 3.63) is 23.5 Å². The molecule has 3 N–H and O–H groups in total. The second kappa shape index (κ2) is 4.63. The number of piperazine rings is 1. The number of rotatable bonds is 1. The predicted molar refractivity (Wildman–Crippen MR) is 67.7 cm³/mol. The highest BCUT2D eigenvalue weighted by Crippen LogP contribution is 2.39. The number of aliphatic hydroxyl groups is 2. The maximum atomic E-state index is 14.1. The predicted octanol–water partition coefficient (Wildman–Crippen LogP) is 0.155. The first kappa shape index (κ1) is 12.7. The molecule has 19 heavy (non-hydrogen) atoms. The molecule has 0 spiro atoms. The zero-order valence-electron chi connectivity index (χ0n) is 10.5. The van der Waals surface area contributed by atoms with Gasteiger partial charge in [0.15, 0.2) is 5.79 Å². The van der Waals surface area contributed by atoms with Crippen LogP contribution in [-0.4, -0.2) is 43.0 Å². The number of hydrogen-bond donors (Lipinski definition) is 3. The van der Waals surface area contributed by atoms with Crippen LogP contribution in [0.25, 0.3) is 0 Å². The average Bonchev–Trinajstić information content (AvgIpc) is 2.38. The summed E-state index contributed by atoms with van der Waals surface area (Å²) in [4.78, 5) is 2.05. The van der Waals surface area contributed by atoms with Crippen molar-refractivity contribution in [2.75, 3.05) is 37.7 Å². The minimum Gasteiger partial charge on any atom is -0.493 e. The van der Waals surface area contributed by atoms with Gasteiger partial charge in [-0.05, 0) is 6.07 Å². The van der Waals surface area contributed by atoms with Gasteiger partial charge in [0.1, 0.15) is 11.6 Å². The van der Waals surface area contributed by atoms with E-state index in [1.807, 2.05) is 4.90 Å². The molecule has 5 nitrogen and oxygen atoms in total. The topological polar surface area (TPSA) is 65.0 Å². The highest BCUT2D eigenvalue weighted by molar-refractivity contribution is 5.56. The lowest BCUT2D eigenvalue weighted by Crippen LogP contribution is -2.43. The van der Waals surface area contributed by atoms with E-state index in [0.717, 1.165) is 31.9 Å². The Kier molecular flexibility index (Phi) is 3.08. The van der Waals surface area contributed by atoms with Crippen molar-refractivity contribution in [2.24, 2.45) is 0 Å². The molecule has 3 rings (SSSR count). The molecule has 0 saturated carbocycles. The molecule has 1 saturated heterocycles. The molecular formula is C13H17FN2O3. The summed E-state index contributed by atoms with van der Waals surface area (Å²) in [5.41, 5.74) is 0.563. The molecule has 2 aliphatic heterocycles. The first-order valence-electron chi connectivity index (χ1n) is 6.45. The van der Waals surface area contributed by atoms with Crippen molar-refractivity contribution < 1.29 is 19.3 Å². The van der Waals surface area contributed by atoms with Crippen molar-refractivity contribution in [1.82, 2.24) is 5.32 Å². The Bertz CT molecular complexity index is 487. The summed E-state index contributed by atoms with van der Waals surface area (Å²) >= 11 is 0. The van der Waals surface area contributed by atoms with Crippen LogP contribution in [0.2, 0.25) is 0 Å². The van der Waals surface area contributed by atoms with Gasteiger partial charge < -0.3 is 25.2 Å². The third-order valence-corrected chi connectivity index (χ3v) is 3.63. The van der Waals surface area contributed by atoms with Gasteiger partial charge in [-0.15, -0.1) is 0 Å². The van der Waals surface area contributed by atoms with Gasteiger partial charge in [0, 0.05) is 44.4 Å². The number of halogens is 1. The third-order valence-electron chi connectivity index (χ3n) is 3.63. The fraction of sp³-hybridized carbons (Fsp3) is 0.538. The minimum atomic E-state index is -2.14. The SMILES string of the molecule is OC1(O)CCOc2cc(N3CCNCC3)cc(F)c21. The smallest absolute Gasteiger partial charge is 0.199 e. The van der Waals surface area contributed by atoms with E-state index in [2.05, 4.69) is 5.32 Å². The maximum absolute atomic E-state index is 14.1. The van der Waals surface area contributed by atoms with Gasteiger partial charge in [0.05, 0.1) is 12.2 Å². The van der Waals surface area contributed by atoms with E-state index in [-0.39, 0.29) is 24.3 Å². The summed E-state index contributed by atoms with van der Waals surface area (Å²) in [6, 6.07) is 3.03. The molecule has 0 bridgehead atoms. The number of fused-ring (bicyclic) bond motifs is 1. The minimum absolute atomic E-state index is 0.0239. The Labute approximate surface area is 110 Å². The van der Waals surface area contributed by atoms with E-state index in [0.29, 0.717) is 0 Å². The fourth-order valence-corrected chi connectivity index (χ4v) is 2.60. The molecule has 104 valence electrons. The monoisotopic (exact) mass is 268 g/mol. The van der Waals surface area contributed by atoms with Crippen molar-refractivity contribution in [2.45, 2.75) is 12.2 Å². The van der Waals surface area contributed by atoms with Crippen LogP contribution in [-0.2, 0) is 5.79 Å². The molecule has 0 aliphatic carbocycles. The summed E-state index contributed by atoms with van der Waals surface area (Å²) in [6.07, 6.45) is -0.0239. The van der Waals surface area contributed by atoms with Crippen LogP contribution in [0.1, 0.15) is 12.0 Å². The first-order valence-corrected chi connectivity index (χ1v) is 6.45. The number of ether oxygens (including phenoxy) is 1. The number of hydrogen-bond acceptors (Lipinski definition) is 5. The van der Waals surface area contributed by atoms with Crippen LogP contribution in [0.3, 0.4) is 0 Å². The second-order valence-electron chi connectivity index (χ2n) is 4.95. The standard InChI is InChI=1S/C13H17FN2O3/c14-10-7-9(16-4-2-15-3-5-16)8-11-12(10)13(17,18)1-6-19-11/h7-8,15,17-18H,1-6H2. The normalized spacial score (nSPS) is 21.7. The van der Waals surface area contributed by atoms with Gasteiger partial charge in [0.25, 0.3) is 0 Å². The van der Waals surface area contributed by atoms with Crippen LogP contribution in [0.5, 0.6) is 5.75 Å². The van der Waals surface area contributed by atoms with E-state index < -0.39 is 11.6 Å². The molecular weight excluding hydrogens is 251 g/mol. The van der Waals surface area contributed by atoms with Gasteiger partial charge in [0.2, 0.25) is 0 Å². The Morgan fingerprint density at radius 2 is 2.00 bits per heavy atom. The van der Waals surface area contributed by atoms with Gasteiger partial charge >= 0.3 is 0 Å². The fourth-order valence-electron chi connectivity index (χ4n) is 2.60. The number of nitrogens with zero attached hydrogens (tertiary/aromatic N) is 1. The maximum Gasteiger partial charge on any atom is 0.199 e. The molecule has 2 aliphatic rings. The number of nitrogens with one attached hydrogen (secondary N) is 1. The van der Waals surface area contributed by atoms with Gasteiger partial charge in [-0.2, -0.15) is 0 Å². The highest BCUT2D eigenvalue weighted by atomic mass is 19.1. The van der Waals surface area contributed by atoms with E-state index in [9.17, 15) is 14.6 Å². The second-order valence-corrected chi connectivity index (χ2v) is 4.95. The van der Waals surface area contributed by atoms with E-state index in [4.69, 9.17) is 4.74 Å². The van der Waals surface area contributed by atoms with Crippen LogP contribution in [0.15, 0.2) is 12.1 Å². The molecule has 0 aromatic heterocycles. The summed E-state index contributed by atoms with van der Waals surface area (Å²) in [7, 11) is 0. The zero-order chi connectivity index (χ0) is 13.5. The Morgan fingerprint density at radius 1 is 1.26 bits per heavy atom. The van der Waals surface area contributed by atoms with Crippen LogP contribution in [0.4, 0.5) is 10.1 Å². The van der Waals surface area contributed by atoms with Gasteiger partial charge in [-0.3, -0.25) is 0 Å². The Balaban J connectivity index is 1.99. The molecule has 1 aromatic carbocycles. The van der Waals surface area contributed by atoms with Crippen molar-refractivity contribution in [3.63, 3.8) is 0 Å². The van der Waals surface area contributed by atoms with Crippen molar-refractivity contribution in [3.8, 4) is 5.75 Å².